The molecule has 2 heterocycles. The van der Waals surface area contributed by atoms with Crippen molar-refractivity contribution in [2.75, 3.05) is 29.4 Å². The van der Waals surface area contributed by atoms with Gasteiger partial charge in [0.15, 0.2) is 5.78 Å². The van der Waals surface area contributed by atoms with Crippen LogP contribution in [0.2, 0.25) is 0 Å². The van der Waals surface area contributed by atoms with Crippen LogP contribution in [0.4, 0.5) is 25.4 Å². The fourth-order valence-electron chi connectivity index (χ4n) is 2.70. The Morgan fingerprint density at radius 1 is 1.40 bits per heavy atom. The lowest BCUT2D eigenvalue weighted by atomic mass is 10.1. The first-order chi connectivity index (χ1) is 11.9. The second-order valence-electron chi connectivity index (χ2n) is 5.66. The Kier molecular flexibility index (Phi) is 4.55. The number of halogens is 1. The molecule has 1 atom stereocenters. The molecule has 1 saturated heterocycles. The molecule has 0 radical (unpaired) electrons. The van der Waals surface area contributed by atoms with Gasteiger partial charge in [0.1, 0.15) is 11.9 Å². The average Bonchev–Trinajstić information content (AvgIpc) is 2.95. The van der Waals surface area contributed by atoms with E-state index < -0.39 is 24.1 Å². The molecule has 0 spiro atoms. The van der Waals surface area contributed by atoms with Gasteiger partial charge in [-0.25, -0.2) is 14.0 Å². The molecule has 0 saturated carbocycles. The van der Waals surface area contributed by atoms with Gasteiger partial charge < -0.3 is 20.1 Å². The Labute approximate surface area is 142 Å². The fourth-order valence-corrected chi connectivity index (χ4v) is 2.70. The van der Waals surface area contributed by atoms with Crippen molar-refractivity contribution < 1.29 is 28.6 Å². The largest absolute Gasteiger partial charge is 0.465 e. The van der Waals surface area contributed by atoms with Crippen molar-refractivity contribution in [2.45, 2.75) is 12.5 Å². The zero-order valence-electron chi connectivity index (χ0n) is 13.1. The van der Waals surface area contributed by atoms with Gasteiger partial charge in [0.05, 0.1) is 24.5 Å². The van der Waals surface area contributed by atoms with Crippen LogP contribution >= 0.6 is 0 Å². The zero-order valence-corrected chi connectivity index (χ0v) is 13.1. The Hall–Kier alpha value is -3.10. The lowest BCUT2D eigenvalue weighted by molar-refractivity contribution is -0.114. The highest BCUT2D eigenvalue weighted by Crippen LogP contribution is 2.28. The molecule has 9 heteroatoms. The van der Waals surface area contributed by atoms with E-state index in [9.17, 15) is 18.8 Å². The third kappa shape index (κ3) is 3.70. The molecule has 1 fully saturated rings. The van der Waals surface area contributed by atoms with Gasteiger partial charge in [-0.1, -0.05) is 0 Å². The molecule has 1 aromatic carbocycles. The van der Waals surface area contributed by atoms with E-state index in [1.54, 1.807) is 11.0 Å². The first-order valence-electron chi connectivity index (χ1n) is 7.66. The number of anilines is 2. The van der Waals surface area contributed by atoms with Gasteiger partial charge in [0, 0.05) is 19.2 Å². The number of amides is 2. The molecule has 0 aliphatic carbocycles. The average molecular weight is 349 g/mol. The molecule has 1 unspecified atom stereocenters. The van der Waals surface area contributed by atoms with Crippen LogP contribution in [0.3, 0.4) is 0 Å². The predicted octanol–water partition coefficient (Wildman–Crippen LogP) is 1.71. The summed E-state index contributed by atoms with van der Waals surface area (Å²) in [5, 5.41) is 10.7. The Bertz CT molecular complexity index is 751. The van der Waals surface area contributed by atoms with E-state index >= 15 is 0 Å². The first-order valence-corrected chi connectivity index (χ1v) is 7.66. The van der Waals surface area contributed by atoms with Crippen LogP contribution in [-0.2, 0) is 9.53 Å². The Balaban J connectivity index is 1.72. The number of carbonyl (C=O) groups is 3. The number of hydrogen-bond acceptors (Lipinski definition) is 5. The summed E-state index contributed by atoms with van der Waals surface area (Å²) in [5.41, 5.74) is 0.630. The molecule has 25 heavy (non-hydrogen) atoms. The molecule has 3 rings (SSSR count). The highest BCUT2D eigenvalue weighted by atomic mass is 19.1. The lowest BCUT2D eigenvalue weighted by Gasteiger charge is -2.24. The third-order valence-electron chi connectivity index (χ3n) is 3.95. The van der Waals surface area contributed by atoms with Crippen LogP contribution in [0.25, 0.3) is 0 Å². The second kappa shape index (κ2) is 6.80. The van der Waals surface area contributed by atoms with Crippen molar-refractivity contribution in [2.24, 2.45) is 0 Å². The summed E-state index contributed by atoms with van der Waals surface area (Å²) in [7, 11) is 0. The number of rotatable bonds is 4. The van der Waals surface area contributed by atoms with Crippen molar-refractivity contribution in [1.82, 2.24) is 5.32 Å². The molecular formula is C16H16FN3O5. The molecule has 2 aliphatic rings. The maximum Gasteiger partial charge on any atom is 0.414 e. The molecule has 2 N–H and O–H groups in total. The highest BCUT2D eigenvalue weighted by molar-refractivity contribution is 5.92. The third-order valence-corrected chi connectivity index (χ3v) is 3.95. The topological polar surface area (TPSA) is 99.2 Å². The monoisotopic (exact) mass is 349 g/mol. The standard InChI is InChI=1S/C16H16FN3O5/c17-13-7-10(1-2-14(13)19-5-3-11(21)4-6-19)20-9-12(25-16(20)24)8-18-15(22)23/h1-3,5,7,12,18H,4,6,8-9H2,(H,22,23). The van der Waals surface area contributed by atoms with Crippen molar-refractivity contribution in [3.63, 3.8) is 0 Å². The Morgan fingerprint density at radius 2 is 2.20 bits per heavy atom. The van der Waals surface area contributed by atoms with Crippen LogP contribution in [-0.4, -0.2) is 48.8 Å². The van der Waals surface area contributed by atoms with Gasteiger partial charge in [0.25, 0.3) is 0 Å². The van der Waals surface area contributed by atoms with Gasteiger partial charge in [0.2, 0.25) is 0 Å². The van der Waals surface area contributed by atoms with Gasteiger partial charge in [-0.3, -0.25) is 9.69 Å². The number of hydrogen-bond donors (Lipinski definition) is 2. The van der Waals surface area contributed by atoms with Crippen molar-refractivity contribution >= 4 is 29.3 Å². The first kappa shape index (κ1) is 16.7. The van der Waals surface area contributed by atoms with Crippen LogP contribution in [0.15, 0.2) is 30.5 Å². The van der Waals surface area contributed by atoms with Crippen molar-refractivity contribution in [1.29, 1.82) is 0 Å². The van der Waals surface area contributed by atoms with Crippen molar-refractivity contribution in [3.05, 3.63) is 36.3 Å². The molecule has 8 nitrogen and oxygen atoms in total. The summed E-state index contributed by atoms with van der Waals surface area (Å²) in [6.07, 6.45) is 0.735. The van der Waals surface area contributed by atoms with Crippen LogP contribution in [0.1, 0.15) is 6.42 Å². The van der Waals surface area contributed by atoms with Crippen LogP contribution in [0, 0.1) is 5.82 Å². The van der Waals surface area contributed by atoms with Crippen LogP contribution < -0.4 is 15.1 Å². The summed E-state index contributed by atoms with van der Waals surface area (Å²) in [6.45, 7) is 0.473. The summed E-state index contributed by atoms with van der Waals surface area (Å²) >= 11 is 0. The zero-order chi connectivity index (χ0) is 18.0. The summed E-state index contributed by atoms with van der Waals surface area (Å²) < 4.78 is 19.5. The maximum atomic E-state index is 14.4. The number of nitrogens with one attached hydrogen (secondary N) is 1. The van der Waals surface area contributed by atoms with E-state index in [2.05, 4.69) is 5.32 Å². The Morgan fingerprint density at radius 3 is 2.84 bits per heavy atom. The minimum absolute atomic E-state index is 0.00546. The maximum absolute atomic E-state index is 14.4. The molecular weight excluding hydrogens is 333 g/mol. The minimum Gasteiger partial charge on any atom is -0.465 e. The number of carboxylic acid groups (broad SMARTS) is 1. The van der Waals surface area contributed by atoms with Gasteiger partial charge >= 0.3 is 12.2 Å². The molecule has 0 aromatic heterocycles. The van der Waals surface area contributed by atoms with Crippen molar-refractivity contribution in [3.8, 4) is 0 Å². The van der Waals surface area contributed by atoms with E-state index in [-0.39, 0.29) is 18.9 Å². The van der Waals surface area contributed by atoms with Gasteiger partial charge in [-0.15, -0.1) is 0 Å². The number of allylic oxidation sites excluding steroid dienone is 1. The molecule has 2 amide bonds. The van der Waals surface area contributed by atoms with E-state index in [0.29, 0.717) is 24.3 Å². The lowest BCUT2D eigenvalue weighted by Crippen LogP contribution is -2.33. The van der Waals surface area contributed by atoms with Gasteiger partial charge in [-0.05, 0) is 24.3 Å². The predicted molar refractivity (Wildman–Crippen MR) is 86.2 cm³/mol. The quantitative estimate of drug-likeness (QED) is 0.859. The molecule has 1 aromatic rings. The smallest absolute Gasteiger partial charge is 0.414 e. The number of benzene rings is 1. The van der Waals surface area contributed by atoms with E-state index in [1.807, 2.05) is 0 Å². The molecule has 2 aliphatic heterocycles. The normalized spacial score (nSPS) is 20.0. The fraction of sp³-hybridized carbons (Fsp3) is 0.312. The summed E-state index contributed by atoms with van der Waals surface area (Å²) in [4.78, 5) is 36.5. The highest BCUT2D eigenvalue weighted by Gasteiger charge is 2.33. The summed E-state index contributed by atoms with van der Waals surface area (Å²) in [6, 6.07) is 4.33. The van der Waals surface area contributed by atoms with Gasteiger partial charge in [-0.2, -0.15) is 0 Å². The minimum atomic E-state index is -1.21. The molecule has 132 valence electrons. The number of cyclic esters (lactones) is 1. The SMILES string of the molecule is O=C1C=CN(c2ccc(N3CC(CNC(=O)O)OC3=O)cc2F)CC1. The number of nitrogens with zero attached hydrogens (tertiary/aromatic N) is 2. The summed E-state index contributed by atoms with van der Waals surface area (Å²) in [5.74, 6) is -0.537. The second-order valence-corrected chi connectivity index (χ2v) is 5.66. The number of carbonyl (C=O) groups excluding carboxylic acids is 2. The van der Waals surface area contributed by atoms with E-state index in [1.165, 1.54) is 29.3 Å². The van der Waals surface area contributed by atoms with Crippen LogP contribution in [0.5, 0.6) is 0 Å². The number of ether oxygens (including phenoxy) is 1. The number of ketones is 1. The van der Waals surface area contributed by atoms with E-state index in [0.717, 1.165) is 0 Å². The molecule has 0 bridgehead atoms. The van der Waals surface area contributed by atoms with E-state index in [4.69, 9.17) is 9.84 Å².